The summed E-state index contributed by atoms with van der Waals surface area (Å²) in [4.78, 5) is 42.7. The summed E-state index contributed by atoms with van der Waals surface area (Å²) in [6, 6.07) is 16.2. The molecule has 9 nitrogen and oxygen atoms in total. The second kappa shape index (κ2) is 13.7. The number of carbonyl (C=O) groups excluding carboxylic acids is 2. The highest BCUT2D eigenvalue weighted by atomic mass is 19.1. The Bertz CT molecular complexity index is 1530. The van der Waals surface area contributed by atoms with Gasteiger partial charge < -0.3 is 25.4 Å². The number of hydrogen-bond donors (Lipinski definition) is 3. The van der Waals surface area contributed by atoms with E-state index in [4.69, 9.17) is 4.74 Å². The largest absolute Gasteiger partial charge is 0.465 e. The zero-order valence-electron chi connectivity index (χ0n) is 26.8. The molecule has 0 saturated heterocycles. The number of hydrogen-bond acceptors (Lipinski definition) is 5. The van der Waals surface area contributed by atoms with Crippen LogP contribution in [-0.2, 0) is 15.1 Å². The van der Waals surface area contributed by atoms with Gasteiger partial charge in [-0.2, -0.15) is 0 Å². The molecule has 1 aliphatic rings. The van der Waals surface area contributed by atoms with Crippen LogP contribution in [0.25, 0.3) is 22.4 Å². The van der Waals surface area contributed by atoms with E-state index < -0.39 is 29.1 Å². The summed E-state index contributed by atoms with van der Waals surface area (Å²) >= 11 is 0. The van der Waals surface area contributed by atoms with E-state index in [0.29, 0.717) is 28.9 Å². The number of rotatable bonds is 8. The van der Waals surface area contributed by atoms with Crippen molar-refractivity contribution in [2.45, 2.75) is 83.9 Å². The topological polar surface area (TPSA) is 121 Å². The van der Waals surface area contributed by atoms with Gasteiger partial charge in [-0.3, -0.25) is 9.78 Å². The number of nitrogens with zero attached hydrogens (tertiary/aromatic N) is 2. The van der Waals surface area contributed by atoms with E-state index >= 15 is 4.39 Å². The molecule has 0 unspecified atom stereocenters. The number of ether oxygens (including phenoxy) is 1. The van der Waals surface area contributed by atoms with Crippen molar-refractivity contribution in [2.24, 2.45) is 5.92 Å². The molecule has 0 aliphatic heterocycles. The molecule has 0 radical (unpaired) electrons. The lowest BCUT2D eigenvalue weighted by Gasteiger charge is -2.32. The lowest BCUT2D eigenvalue weighted by molar-refractivity contribution is -0.117. The van der Waals surface area contributed by atoms with Crippen LogP contribution in [0.1, 0.15) is 72.3 Å². The van der Waals surface area contributed by atoms with Crippen molar-refractivity contribution >= 4 is 23.8 Å². The number of carboxylic acid groups (broad SMARTS) is 1. The maximum Gasteiger partial charge on any atom is 0.408 e. The molecular formula is C35H43FN4O5. The Hall–Kier alpha value is -4.47. The minimum absolute atomic E-state index is 0.0156. The third-order valence-corrected chi connectivity index (χ3v) is 8.13. The summed E-state index contributed by atoms with van der Waals surface area (Å²) < 4.78 is 21.0. The van der Waals surface area contributed by atoms with Crippen LogP contribution in [0.3, 0.4) is 0 Å². The van der Waals surface area contributed by atoms with Gasteiger partial charge in [0.1, 0.15) is 11.4 Å². The highest BCUT2D eigenvalue weighted by Crippen LogP contribution is 2.35. The van der Waals surface area contributed by atoms with Crippen molar-refractivity contribution in [3.05, 3.63) is 72.2 Å². The van der Waals surface area contributed by atoms with Crippen LogP contribution in [0.4, 0.5) is 19.7 Å². The van der Waals surface area contributed by atoms with Gasteiger partial charge in [-0.05, 0) is 83.9 Å². The highest BCUT2D eigenvalue weighted by Gasteiger charge is 2.30. The Morgan fingerprint density at radius 2 is 1.64 bits per heavy atom. The van der Waals surface area contributed by atoms with Crippen LogP contribution >= 0.6 is 0 Å². The van der Waals surface area contributed by atoms with Crippen LogP contribution in [-0.4, -0.2) is 51.8 Å². The van der Waals surface area contributed by atoms with E-state index in [1.54, 1.807) is 60.0 Å². The molecule has 1 fully saturated rings. The molecule has 0 spiro atoms. The molecule has 4 rings (SSSR count). The van der Waals surface area contributed by atoms with Crippen molar-refractivity contribution in [3.8, 4) is 22.4 Å². The number of carbonyl (C=O) groups is 3. The summed E-state index contributed by atoms with van der Waals surface area (Å²) in [5.41, 5.74) is 1.77. The molecule has 0 atom stereocenters. The van der Waals surface area contributed by atoms with Gasteiger partial charge in [0.2, 0.25) is 5.91 Å². The van der Waals surface area contributed by atoms with E-state index in [1.165, 1.54) is 11.0 Å². The van der Waals surface area contributed by atoms with Crippen molar-refractivity contribution < 1.29 is 28.6 Å². The number of pyridine rings is 1. The fourth-order valence-electron chi connectivity index (χ4n) is 5.76. The first kappa shape index (κ1) is 33.4. The standard InChI is InChI=1S/C35H43FN4O5/c1-34(2,3)45-32(42)39-35(4,5)28-17-14-24(19-29(28)36)31-27(23-10-8-7-9-11-23)20-25(21-37-31)38-30(41)18-22-12-15-26(16-13-22)40(6)33(43)44/h7-11,14,17,19-22,26H,12-13,15-16,18H2,1-6H3,(H,38,41)(H,39,42)(H,43,44). The maximum absolute atomic E-state index is 15.6. The second-order valence-corrected chi connectivity index (χ2v) is 13.3. The van der Waals surface area contributed by atoms with Crippen LogP contribution in [0.5, 0.6) is 0 Å². The van der Waals surface area contributed by atoms with Gasteiger partial charge in [0.15, 0.2) is 0 Å². The SMILES string of the molecule is CN(C(=O)O)C1CCC(CC(=O)Nc2cnc(-c3ccc(C(C)(C)NC(=O)OC(C)(C)C)c(F)c3)c(-c3ccccc3)c2)CC1. The van der Waals surface area contributed by atoms with Crippen LogP contribution in [0.15, 0.2) is 60.8 Å². The third-order valence-electron chi connectivity index (χ3n) is 8.13. The maximum atomic E-state index is 15.6. The first-order valence-electron chi connectivity index (χ1n) is 15.3. The molecule has 45 heavy (non-hydrogen) atoms. The Morgan fingerprint density at radius 3 is 2.24 bits per heavy atom. The monoisotopic (exact) mass is 618 g/mol. The summed E-state index contributed by atoms with van der Waals surface area (Å²) in [5.74, 6) is -0.454. The Balaban J connectivity index is 1.53. The lowest BCUT2D eigenvalue weighted by Crippen LogP contribution is -2.44. The molecule has 3 aromatic rings. The summed E-state index contributed by atoms with van der Waals surface area (Å²) in [5, 5.41) is 15.0. The van der Waals surface area contributed by atoms with Gasteiger partial charge >= 0.3 is 12.2 Å². The lowest BCUT2D eigenvalue weighted by atomic mass is 9.83. The van der Waals surface area contributed by atoms with Gasteiger partial charge in [-0.1, -0.05) is 42.5 Å². The number of aromatic nitrogens is 1. The molecule has 10 heteroatoms. The number of halogens is 1. The first-order valence-corrected chi connectivity index (χ1v) is 15.3. The van der Waals surface area contributed by atoms with Gasteiger partial charge in [-0.25, -0.2) is 14.0 Å². The molecule has 1 aliphatic carbocycles. The van der Waals surface area contributed by atoms with Crippen molar-refractivity contribution in [1.82, 2.24) is 15.2 Å². The third kappa shape index (κ3) is 8.80. The quantitative estimate of drug-likeness (QED) is 0.237. The molecule has 240 valence electrons. The summed E-state index contributed by atoms with van der Waals surface area (Å²) in [7, 11) is 1.59. The molecule has 3 N–H and O–H groups in total. The molecule has 1 saturated carbocycles. The number of anilines is 1. The fourth-order valence-corrected chi connectivity index (χ4v) is 5.76. The Morgan fingerprint density at radius 1 is 0.978 bits per heavy atom. The number of nitrogens with one attached hydrogen (secondary N) is 2. The number of alkyl carbamates (subject to hydrolysis) is 1. The average Bonchev–Trinajstić information content (AvgIpc) is 2.96. The van der Waals surface area contributed by atoms with E-state index in [0.717, 1.165) is 36.8 Å². The minimum atomic E-state index is -1.04. The predicted molar refractivity (Wildman–Crippen MR) is 172 cm³/mol. The van der Waals surface area contributed by atoms with Gasteiger partial charge in [0, 0.05) is 36.2 Å². The van der Waals surface area contributed by atoms with Crippen molar-refractivity contribution in [1.29, 1.82) is 0 Å². The number of amides is 3. The fraction of sp³-hybridized carbons (Fsp3) is 0.429. The molecule has 1 heterocycles. The Labute approximate surface area is 264 Å². The highest BCUT2D eigenvalue weighted by molar-refractivity contribution is 5.93. The predicted octanol–water partition coefficient (Wildman–Crippen LogP) is 7.81. The normalized spacial score (nSPS) is 16.9. The van der Waals surface area contributed by atoms with Gasteiger partial charge in [-0.15, -0.1) is 0 Å². The van der Waals surface area contributed by atoms with Gasteiger partial charge in [0.25, 0.3) is 0 Å². The van der Waals surface area contributed by atoms with Crippen molar-refractivity contribution in [3.63, 3.8) is 0 Å². The van der Waals surface area contributed by atoms with Crippen LogP contribution in [0.2, 0.25) is 0 Å². The molecule has 3 amide bonds. The molecule has 1 aromatic heterocycles. The second-order valence-electron chi connectivity index (χ2n) is 13.3. The van der Waals surface area contributed by atoms with E-state index in [9.17, 15) is 19.5 Å². The van der Waals surface area contributed by atoms with E-state index in [2.05, 4.69) is 15.6 Å². The van der Waals surface area contributed by atoms with Crippen LogP contribution < -0.4 is 10.6 Å². The van der Waals surface area contributed by atoms with Crippen molar-refractivity contribution in [2.75, 3.05) is 12.4 Å². The number of benzene rings is 2. The van der Waals surface area contributed by atoms with E-state index in [1.807, 2.05) is 36.4 Å². The van der Waals surface area contributed by atoms with Gasteiger partial charge in [0.05, 0.1) is 23.1 Å². The Kier molecular flexibility index (Phi) is 10.2. The van der Waals surface area contributed by atoms with E-state index in [-0.39, 0.29) is 17.9 Å². The molecule has 2 aromatic carbocycles. The van der Waals surface area contributed by atoms with Crippen LogP contribution in [0, 0.1) is 11.7 Å². The zero-order valence-corrected chi connectivity index (χ0v) is 26.8. The first-order chi connectivity index (χ1) is 21.1. The minimum Gasteiger partial charge on any atom is -0.465 e. The summed E-state index contributed by atoms with van der Waals surface area (Å²) in [6.07, 6.45) is 3.38. The summed E-state index contributed by atoms with van der Waals surface area (Å²) in [6.45, 7) is 8.71. The molecular weight excluding hydrogens is 575 g/mol. The smallest absolute Gasteiger partial charge is 0.408 e. The zero-order chi connectivity index (χ0) is 32.9. The average molecular weight is 619 g/mol. The molecule has 0 bridgehead atoms.